The number of hydroxylamine groups is 1. The number of fused-ring (bicyclic) bond motifs is 2. The van der Waals surface area contributed by atoms with Crippen molar-refractivity contribution in [1.82, 2.24) is 14.9 Å². The van der Waals surface area contributed by atoms with Gasteiger partial charge in [0.25, 0.3) is 0 Å². The van der Waals surface area contributed by atoms with Crippen LogP contribution in [-0.2, 0) is 14.4 Å². The molecule has 0 saturated carbocycles. The van der Waals surface area contributed by atoms with Crippen LogP contribution in [0.25, 0.3) is 0 Å². The summed E-state index contributed by atoms with van der Waals surface area (Å²) < 4.78 is 17.1. The van der Waals surface area contributed by atoms with Crippen LogP contribution in [0, 0.1) is 0 Å². The van der Waals surface area contributed by atoms with Gasteiger partial charge in [0.1, 0.15) is 23.6 Å². The zero-order valence-electron chi connectivity index (χ0n) is 26.4. The minimum atomic E-state index is -0.278. The fourth-order valence-corrected chi connectivity index (χ4v) is 7.22. The molecule has 4 aliphatic heterocycles. The molecule has 3 atom stereocenters. The smallest absolute Gasteiger partial charge is 0.247 e. The molecule has 0 spiro atoms. The van der Waals surface area contributed by atoms with Gasteiger partial charge in [-0.3, -0.25) is 14.5 Å². The van der Waals surface area contributed by atoms with E-state index in [1.54, 1.807) is 14.2 Å². The van der Waals surface area contributed by atoms with Crippen LogP contribution in [0.4, 0.5) is 28.7 Å². The molecule has 4 saturated heterocycles. The summed E-state index contributed by atoms with van der Waals surface area (Å²) >= 11 is 0. The van der Waals surface area contributed by atoms with Gasteiger partial charge in [0.2, 0.25) is 5.91 Å². The lowest BCUT2D eigenvalue weighted by atomic mass is 10.0. The van der Waals surface area contributed by atoms with Gasteiger partial charge in [0, 0.05) is 50.3 Å². The van der Waals surface area contributed by atoms with Crippen molar-refractivity contribution >= 4 is 34.6 Å². The van der Waals surface area contributed by atoms with Crippen LogP contribution in [0.15, 0.2) is 61.4 Å². The number of anilines is 5. The van der Waals surface area contributed by atoms with Crippen molar-refractivity contribution < 1.29 is 23.8 Å². The van der Waals surface area contributed by atoms with Gasteiger partial charge < -0.3 is 29.7 Å². The van der Waals surface area contributed by atoms with E-state index in [0.29, 0.717) is 53.6 Å². The summed E-state index contributed by atoms with van der Waals surface area (Å²) in [5.41, 5.74) is 3.33. The van der Waals surface area contributed by atoms with Gasteiger partial charge in [0.05, 0.1) is 56.6 Å². The molecular formula is C34H41N7O5. The molecule has 12 nitrogen and oxygen atoms in total. The molecule has 7 rings (SSSR count). The quantitative estimate of drug-likeness (QED) is 0.305. The summed E-state index contributed by atoms with van der Waals surface area (Å²) in [6.45, 7) is 7.89. The Labute approximate surface area is 269 Å². The van der Waals surface area contributed by atoms with Crippen LogP contribution >= 0.6 is 0 Å². The number of nitrogens with one attached hydrogen (secondary N) is 2. The third kappa shape index (κ3) is 6.07. The van der Waals surface area contributed by atoms with Crippen molar-refractivity contribution in [2.75, 3.05) is 67.7 Å². The van der Waals surface area contributed by atoms with Crippen molar-refractivity contribution in [3.8, 4) is 11.5 Å². The molecule has 0 radical (unpaired) electrons. The number of rotatable bonds is 10. The lowest BCUT2D eigenvalue weighted by molar-refractivity contribution is -0.111. The number of benzene rings is 2. The van der Waals surface area contributed by atoms with Crippen molar-refractivity contribution in [2.24, 2.45) is 0 Å². The van der Waals surface area contributed by atoms with Gasteiger partial charge >= 0.3 is 0 Å². The van der Waals surface area contributed by atoms with Crippen LogP contribution in [-0.4, -0.2) is 86.0 Å². The number of piperidine rings is 1. The number of aromatic nitrogens is 2. The number of ether oxygens (including phenoxy) is 3. The second kappa shape index (κ2) is 13.1. The molecule has 1 amide bonds. The zero-order valence-corrected chi connectivity index (χ0v) is 26.4. The fraction of sp³-hybridized carbons (Fsp3) is 0.441. The van der Waals surface area contributed by atoms with Gasteiger partial charge in [-0.2, -0.15) is 0 Å². The predicted molar refractivity (Wildman–Crippen MR) is 176 cm³/mol. The third-order valence-corrected chi connectivity index (χ3v) is 9.50. The number of hydrogen-bond acceptors (Lipinski definition) is 11. The summed E-state index contributed by atoms with van der Waals surface area (Å²) in [4.78, 5) is 32.6. The highest BCUT2D eigenvalue weighted by Gasteiger charge is 2.42. The fourth-order valence-electron chi connectivity index (χ4n) is 7.22. The number of carbonyl (C=O) groups excluding carboxylic acids is 1. The Morgan fingerprint density at radius 1 is 1.04 bits per heavy atom. The summed E-state index contributed by atoms with van der Waals surface area (Å²) in [6, 6.07) is 14.8. The van der Waals surface area contributed by atoms with Gasteiger partial charge in [-0.15, -0.1) is 0 Å². The average Bonchev–Trinajstić information content (AvgIpc) is 3.87. The second-order valence-electron chi connectivity index (χ2n) is 12.1. The molecule has 242 valence electrons. The number of morpholine rings is 1. The molecule has 2 N–H and O–H groups in total. The second-order valence-corrected chi connectivity index (χ2v) is 12.1. The van der Waals surface area contributed by atoms with Crippen molar-refractivity contribution in [3.63, 3.8) is 0 Å². The molecule has 2 bridgehead atoms. The number of carbonyl (C=O) groups is 1. The standard InChI is InChI=1S/C34H41N7O5/c1-4-34(42)38-27-16-28(31(44-3)17-30(27)39-11-8-23(9-12-39)40-19-26-15-24(40)20-45-26)37-32-18-33(36-21-35-32)41-29(10-13-46-41)22-6-5-7-25(14-22)43-2/h4-7,14,16-18,21,23-24,26,29H,1,8-13,15,19-20H2,2-3H3,(H,38,42)(H,35,36,37)/t24-,26-,29+/m0/s1. The topological polar surface area (TPSA) is 114 Å². The molecule has 2 aromatic carbocycles. The number of hydrogen-bond donors (Lipinski definition) is 2. The van der Waals surface area contributed by atoms with Crippen LogP contribution in [0.1, 0.15) is 37.3 Å². The normalized spacial score (nSPS) is 23.0. The lowest BCUT2D eigenvalue weighted by Crippen LogP contribution is -2.49. The highest BCUT2D eigenvalue weighted by Crippen LogP contribution is 2.41. The van der Waals surface area contributed by atoms with Gasteiger partial charge in [-0.25, -0.2) is 15.0 Å². The Balaban J connectivity index is 1.11. The Morgan fingerprint density at radius 3 is 2.65 bits per heavy atom. The van der Waals surface area contributed by atoms with E-state index in [-0.39, 0.29) is 11.9 Å². The molecule has 4 aliphatic rings. The summed E-state index contributed by atoms with van der Waals surface area (Å²) in [6.07, 6.45) is 7.27. The van der Waals surface area contributed by atoms with Crippen LogP contribution in [0.2, 0.25) is 0 Å². The number of nitrogens with zero attached hydrogens (tertiary/aromatic N) is 5. The summed E-state index contributed by atoms with van der Waals surface area (Å²) in [7, 11) is 3.31. The molecular weight excluding hydrogens is 586 g/mol. The third-order valence-electron chi connectivity index (χ3n) is 9.50. The monoisotopic (exact) mass is 627 g/mol. The first kappa shape index (κ1) is 30.3. The van der Waals surface area contributed by atoms with Crippen LogP contribution < -0.4 is 30.1 Å². The van der Waals surface area contributed by atoms with Crippen molar-refractivity contribution in [3.05, 3.63) is 67.0 Å². The highest BCUT2D eigenvalue weighted by atomic mass is 16.7. The molecule has 0 aliphatic carbocycles. The molecule has 3 aromatic rings. The van der Waals surface area contributed by atoms with E-state index in [1.165, 1.54) is 12.4 Å². The maximum atomic E-state index is 12.6. The highest BCUT2D eigenvalue weighted by molar-refractivity contribution is 6.02. The molecule has 46 heavy (non-hydrogen) atoms. The van der Waals surface area contributed by atoms with E-state index < -0.39 is 0 Å². The molecule has 1 aromatic heterocycles. The average molecular weight is 628 g/mol. The number of likely N-dealkylation sites (tertiary alicyclic amines) is 1. The zero-order chi connectivity index (χ0) is 31.6. The van der Waals surface area contributed by atoms with Gasteiger partial charge in [0.15, 0.2) is 5.82 Å². The minimum Gasteiger partial charge on any atom is -0.497 e. The summed E-state index contributed by atoms with van der Waals surface area (Å²) in [5, 5.41) is 8.23. The summed E-state index contributed by atoms with van der Waals surface area (Å²) in [5.74, 6) is 2.33. The Bertz CT molecular complexity index is 1580. The van der Waals surface area contributed by atoms with Gasteiger partial charge in [-0.05, 0) is 49.1 Å². The van der Waals surface area contributed by atoms with E-state index in [2.05, 4.69) is 43.0 Å². The largest absolute Gasteiger partial charge is 0.497 e. The van der Waals surface area contributed by atoms with Crippen molar-refractivity contribution in [2.45, 2.75) is 49.9 Å². The Kier molecular flexibility index (Phi) is 8.65. The predicted octanol–water partition coefficient (Wildman–Crippen LogP) is 4.69. The maximum absolute atomic E-state index is 12.6. The van der Waals surface area contributed by atoms with E-state index in [0.717, 1.165) is 68.9 Å². The van der Waals surface area contributed by atoms with Crippen LogP contribution in [0.5, 0.6) is 11.5 Å². The Hall–Kier alpha value is -4.39. The SMILES string of the molecule is C=CC(=O)Nc1cc(Nc2cc(N3OCC[C@@H]3c3cccc(OC)c3)ncn2)c(OC)cc1N1CCC(N2C[C@@H]3C[C@H]2CO3)CC1. The number of amides is 1. The van der Waals surface area contributed by atoms with E-state index in [1.807, 2.05) is 41.5 Å². The maximum Gasteiger partial charge on any atom is 0.247 e. The minimum absolute atomic E-state index is 0.0227. The Morgan fingerprint density at radius 2 is 1.91 bits per heavy atom. The van der Waals surface area contributed by atoms with E-state index in [4.69, 9.17) is 19.0 Å². The first-order valence-electron chi connectivity index (χ1n) is 16.0. The molecule has 5 heterocycles. The molecule has 4 fully saturated rings. The first-order valence-corrected chi connectivity index (χ1v) is 16.0. The van der Waals surface area contributed by atoms with Gasteiger partial charge in [-0.1, -0.05) is 18.7 Å². The molecule has 12 heteroatoms. The number of methoxy groups -OCH3 is 2. The lowest BCUT2D eigenvalue weighted by Gasteiger charge is -2.41. The van der Waals surface area contributed by atoms with E-state index >= 15 is 0 Å². The van der Waals surface area contributed by atoms with Crippen LogP contribution in [0.3, 0.4) is 0 Å². The molecule has 0 unspecified atom stereocenters. The first-order chi connectivity index (χ1) is 22.5. The van der Waals surface area contributed by atoms with E-state index in [9.17, 15) is 4.79 Å². The van der Waals surface area contributed by atoms with Crippen molar-refractivity contribution in [1.29, 1.82) is 0 Å².